The minimum Gasteiger partial charge on any atom is -0.310 e. The van der Waals surface area contributed by atoms with Crippen LogP contribution in [0.2, 0.25) is 0 Å². The smallest absolute Gasteiger partial charge is 0.0798 e. The van der Waals surface area contributed by atoms with Gasteiger partial charge in [-0.25, -0.2) is 4.98 Å². The zero-order chi connectivity index (χ0) is 11.0. The van der Waals surface area contributed by atoms with Crippen molar-refractivity contribution in [3.8, 4) is 0 Å². The summed E-state index contributed by atoms with van der Waals surface area (Å²) in [7, 11) is 0. The third kappa shape index (κ3) is 2.99. The van der Waals surface area contributed by atoms with Crippen molar-refractivity contribution >= 4 is 23.7 Å². The third-order valence-electron chi connectivity index (χ3n) is 3.82. The number of likely N-dealkylation sites (tertiary alicyclic amines) is 1. The maximum Gasteiger partial charge on any atom is 0.0798 e. The second kappa shape index (κ2) is 5.65. The normalized spacial score (nSPS) is 28.8. The van der Waals surface area contributed by atoms with Crippen molar-refractivity contribution in [1.29, 1.82) is 0 Å². The van der Waals surface area contributed by atoms with E-state index >= 15 is 0 Å². The van der Waals surface area contributed by atoms with E-state index in [0.717, 1.165) is 18.6 Å². The lowest BCUT2D eigenvalue weighted by Crippen LogP contribution is -2.34. The van der Waals surface area contributed by atoms with E-state index in [-0.39, 0.29) is 12.4 Å². The molecule has 0 radical (unpaired) electrons. The number of hydrogen-bond acceptors (Lipinski definition) is 4. The molecule has 2 aliphatic heterocycles. The van der Waals surface area contributed by atoms with Crippen LogP contribution in [0.3, 0.4) is 0 Å². The molecule has 1 aromatic rings. The van der Waals surface area contributed by atoms with Crippen LogP contribution in [0.15, 0.2) is 5.51 Å². The number of thiazole rings is 1. The van der Waals surface area contributed by atoms with E-state index in [1.165, 1.54) is 42.9 Å². The molecule has 2 saturated heterocycles. The molecule has 1 aromatic heterocycles. The van der Waals surface area contributed by atoms with Gasteiger partial charge in [-0.3, -0.25) is 4.90 Å². The molecule has 3 heterocycles. The Morgan fingerprint density at radius 2 is 2.24 bits per heavy atom. The zero-order valence-electron chi connectivity index (χ0n) is 10.2. The molecule has 0 aromatic carbocycles. The Morgan fingerprint density at radius 1 is 1.41 bits per heavy atom. The molecule has 2 bridgehead atoms. The molecule has 0 saturated carbocycles. The van der Waals surface area contributed by atoms with Crippen molar-refractivity contribution < 1.29 is 0 Å². The Kier molecular flexibility index (Phi) is 4.42. The molecule has 3 rings (SSSR count). The van der Waals surface area contributed by atoms with Crippen LogP contribution in [0.1, 0.15) is 29.8 Å². The van der Waals surface area contributed by atoms with E-state index in [2.05, 4.69) is 22.1 Å². The van der Waals surface area contributed by atoms with Crippen molar-refractivity contribution in [2.24, 2.45) is 0 Å². The fourth-order valence-corrected chi connectivity index (χ4v) is 3.66. The molecule has 1 N–H and O–H groups in total. The Labute approximate surface area is 113 Å². The SMILES string of the molecule is Cc1ncsc1CN1CCC2CCC(C1)N2.Cl. The topological polar surface area (TPSA) is 28.2 Å². The van der Waals surface area contributed by atoms with Crippen LogP contribution in [0.4, 0.5) is 0 Å². The molecule has 96 valence electrons. The predicted octanol–water partition coefficient (Wildman–Crippen LogP) is 2.20. The Bertz CT molecular complexity index is 368. The molecule has 0 spiro atoms. The van der Waals surface area contributed by atoms with E-state index in [4.69, 9.17) is 0 Å². The molecular formula is C12H20ClN3S. The minimum absolute atomic E-state index is 0. The van der Waals surface area contributed by atoms with Gasteiger partial charge in [-0.15, -0.1) is 23.7 Å². The van der Waals surface area contributed by atoms with Gasteiger partial charge in [0.2, 0.25) is 0 Å². The molecule has 2 unspecified atom stereocenters. The second-order valence-electron chi connectivity index (χ2n) is 5.02. The van der Waals surface area contributed by atoms with E-state index in [1.54, 1.807) is 11.3 Å². The largest absolute Gasteiger partial charge is 0.310 e. The van der Waals surface area contributed by atoms with E-state index in [9.17, 15) is 0 Å². The average Bonchev–Trinajstić information content (AvgIpc) is 2.78. The zero-order valence-corrected chi connectivity index (χ0v) is 11.8. The third-order valence-corrected chi connectivity index (χ3v) is 4.74. The maximum absolute atomic E-state index is 4.33. The summed E-state index contributed by atoms with van der Waals surface area (Å²) in [5, 5.41) is 3.72. The van der Waals surface area contributed by atoms with Crippen molar-refractivity contribution in [2.75, 3.05) is 13.1 Å². The van der Waals surface area contributed by atoms with Gasteiger partial charge < -0.3 is 5.32 Å². The van der Waals surface area contributed by atoms with Gasteiger partial charge in [-0.05, 0) is 26.2 Å². The highest BCUT2D eigenvalue weighted by Crippen LogP contribution is 2.23. The number of halogens is 1. The molecule has 2 fully saturated rings. The number of nitrogens with one attached hydrogen (secondary N) is 1. The number of aryl methyl sites for hydroxylation is 1. The predicted molar refractivity (Wildman–Crippen MR) is 73.9 cm³/mol. The van der Waals surface area contributed by atoms with Gasteiger partial charge in [0.15, 0.2) is 0 Å². The second-order valence-corrected chi connectivity index (χ2v) is 5.96. The monoisotopic (exact) mass is 273 g/mol. The first-order chi connectivity index (χ1) is 7.81. The van der Waals surface area contributed by atoms with Crippen LogP contribution >= 0.6 is 23.7 Å². The van der Waals surface area contributed by atoms with Crippen LogP contribution in [0.25, 0.3) is 0 Å². The highest BCUT2D eigenvalue weighted by molar-refractivity contribution is 7.09. The quantitative estimate of drug-likeness (QED) is 0.895. The lowest BCUT2D eigenvalue weighted by molar-refractivity contribution is 0.252. The summed E-state index contributed by atoms with van der Waals surface area (Å²) in [6.07, 6.45) is 4.06. The molecule has 17 heavy (non-hydrogen) atoms. The van der Waals surface area contributed by atoms with Gasteiger partial charge in [0.25, 0.3) is 0 Å². The first-order valence-electron chi connectivity index (χ1n) is 6.18. The molecule has 2 aliphatic rings. The Morgan fingerprint density at radius 3 is 3.00 bits per heavy atom. The van der Waals surface area contributed by atoms with Gasteiger partial charge in [-0.1, -0.05) is 0 Å². The van der Waals surface area contributed by atoms with Crippen LogP contribution in [-0.4, -0.2) is 35.1 Å². The van der Waals surface area contributed by atoms with Crippen molar-refractivity contribution in [3.05, 3.63) is 16.1 Å². The summed E-state index contributed by atoms with van der Waals surface area (Å²) >= 11 is 1.80. The highest BCUT2D eigenvalue weighted by atomic mass is 35.5. The van der Waals surface area contributed by atoms with Gasteiger partial charge in [0.1, 0.15) is 0 Å². The van der Waals surface area contributed by atoms with Crippen molar-refractivity contribution in [2.45, 2.75) is 44.8 Å². The number of fused-ring (bicyclic) bond motifs is 2. The van der Waals surface area contributed by atoms with Gasteiger partial charge >= 0.3 is 0 Å². The summed E-state index contributed by atoms with van der Waals surface area (Å²) < 4.78 is 0. The number of nitrogens with zero attached hydrogens (tertiary/aromatic N) is 2. The van der Waals surface area contributed by atoms with Gasteiger partial charge in [-0.2, -0.15) is 0 Å². The minimum atomic E-state index is 0. The molecule has 5 heteroatoms. The molecule has 2 atom stereocenters. The van der Waals surface area contributed by atoms with Gasteiger partial charge in [0, 0.05) is 36.6 Å². The van der Waals surface area contributed by atoms with Crippen LogP contribution in [0, 0.1) is 6.92 Å². The molecule has 0 amide bonds. The van der Waals surface area contributed by atoms with Crippen LogP contribution in [0.5, 0.6) is 0 Å². The standard InChI is InChI=1S/C12H19N3S.ClH/c1-9-12(16-8-13-9)7-15-5-4-10-2-3-11(6-15)14-10;/h8,10-11,14H,2-7H2,1H3;1H. The molecular weight excluding hydrogens is 254 g/mol. The van der Waals surface area contributed by atoms with E-state index < -0.39 is 0 Å². The summed E-state index contributed by atoms with van der Waals surface area (Å²) in [6, 6.07) is 1.53. The lowest BCUT2D eigenvalue weighted by atomic mass is 10.1. The van der Waals surface area contributed by atoms with Crippen LogP contribution in [-0.2, 0) is 6.54 Å². The van der Waals surface area contributed by atoms with Gasteiger partial charge in [0.05, 0.1) is 11.2 Å². The lowest BCUT2D eigenvalue weighted by Gasteiger charge is -2.23. The maximum atomic E-state index is 4.33. The molecule has 0 aliphatic carbocycles. The van der Waals surface area contributed by atoms with Crippen molar-refractivity contribution in [3.63, 3.8) is 0 Å². The van der Waals surface area contributed by atoms with Crippen molar-refractivity contribution in [1.82, 2.24) is 15.2 Å². The number of aromatic nitrogens is 1. The summed E-state index contributed by atoms with van der Waals surface area (Å²) in [5.74, 6) is 0. The summed E-state index contributed by atoms with van der Waals surface area (Å²) in [5.41, 5.74) is 3.18. The van der Waals surface area contributed by atoms with E-state index in [0.29, 0.717) is 0 Å². The molecule has 3 nitrogen and oxygen atoms in total. The number of hydrogen-bond donors (Lipinski definition) is 1. The number of rotatable bonds is 2. The highest BCUT2D eigenvalue weighted by Gasteiger charge is 2.29. The average molecular weight is 274 g/mol. The first kappa shape index (κ1) is 13.3. The van der Waals surface area contributed by atoms with Crippen LogP contribution < -0.4 is 5.32 Å². The van der Waals surface area contributed by atoms with E-state index in [1.807, 2.05) is 5.51 Å². The fraction of sp³-hybridized carbons (Fsp3) is 0.750. The summed E-state index contributed by atoms with van der Waals surface area (Å²) in [4.78, 5) is 8.37. The summed E-state index contributed by atoms with van der Waals surface area (Å²) in [6.45, 7) is 5.68. The Balaban J connectivity index is 0.00000108. The first-order valence-corrected chi connectivity index (χ1v) is 7.06. The Hall–Kier alpha value is -0.160. The fourth-order valence-electron chi connectivity index (χ4n) is 2.84.